The number of furan rings is 1. The van der Waals surface area contributed by atoms with Crippen LogP contribution in [0.2, 0.25) is 0 Å². The number of H-pyrrole nitrogens is 1. The molecule has 3 aromatic carbocycles. The SMILES string of the molecule is CNC(=O)c1c(-c2ccc(C)cc2)oc2cc(N(C)S(C)(=O)=O)c(-c3nc(-c4cc5c(F)cccc5[nH]4)ns3)cc12. The Morgan fingerprint density at radius 1 is 1.10 bits per heavy atom. The molecule has 0 aliphatic carbocycles. The summed E-state index contributed by atoms with van der Waals surface area (Å²) in [7, 11) is -0.712. The monoisotopic (exact) mass is 589 g/mol. The lowest BCUT2D eigenvalue weighted by Crippen LogP contribution is -2.25. The summed E-state index contributed by atoms with van der Waals surface area (Å²) in [6, 6.07) is 17.2. The summed E-state index contributed by atoms with van der Waals surface area (Å²) in [6.07, 6.45) is 1.10. The molecule has 41 heavy (non-hydrogen) atoms. The molecule has 12 heteroatoms. The standard InChI is InChI=1S/C29H24FN5O4S2/c1-15-8-10-16(11-9-15)26-25(28(36)31-2)19-12-18(23(14-24(19)39-26)35(3)41(4,37)38)29-33-27(34-40-29)22-13-17-20(30)6-5-7-21(17)32-22/h5-14,32H,1-4H3,(H,31,36). The molecule has 0 saturated heterocycles. The van der Waals surface area contributed by atoms with Crippen molar-refractivity contribution in [2.75, 3.05) is 24.7 Å². The fourth-order valence-electron chi connectivity index (χ4n) is 4.68. The van der Waals surface area contributed by atoms with Gasteiger partial charge in [-0.1, -0.05) is 35.9 Å². The summed E-state index contributed by atoms with van der Waals surface area (Å²) in [5.74, 6) is -0.0307. The highest BCUT2D eigenvalue weighted by molar-refractivity contribution is 7.92. The van der Waals surface area contributed by atoms with Gasteiger partial charge in [-0.3, -0.25) is 9.10 Å². The number of benzene rings is 3. The van der Waals surface area contributed by atoms with E-state index in [1.165, 1.54) is 20.2 Å². The van der Waals surface area contributed by atoms with Gasteiger partial charge in [-0.25, -0.2) is 17.8 Å². The van der Waals surface area contributed by atoms with Crippen LogP contribution in [0.15, 0.2) is 65.1 Å². The predicted octanol–water partition coefficient (Wildman–Crippen LogP) is 5.97. The van der Waals surface area contributed by atoms with Crippen molar-refractivity contribution < 1.29 is 22.0 Å². The zero-order valence-corrected chi connectivity index (χ0v) is 24.1. The maximum Gasteiger partial charge on any atom is 0.255 e. The highest BCUT2D eigenvalue weighted by atomic mass is 32.2. The van der Waals surface area contributed by atoms with Crippen LogP contribution in [-0.2, 0) is 10.0 Å². The molecule has 0 aliphatic rings. The van der Waals surface area contributed by atoms with E-state index < -0.39 is 10.0 Å². The minimum absolute atomic E-state index is 0.304. The minimum atomic E-state index is -3.68. The predicted molar refractivity (Wildman–Crippen MR) is 159 cm³/mol. The molecule has 0 bridgehead atoms. The summed E-state index contributed by atoms with van der Waals surface area (Å²) in [5, 5.41) is 3.99. The number of aromatic amines is 1. The highest BCUT2D eigenvalue weighted by Crippen LogP contribution is 2.42. The van der Waals surface area contributed by atoms with Crippen LogP contribution in [0.4, 0.5) is 10.1 Å². The molecule has 3 heterocycles. The number of aromatic nitrogens is 3. The van der Waals surface area contributed by atoms with Crippen LogP contribution < -0.4 is 9.62 Å². The summed E-state index contributed by atoms with van der Waals surface area (Å²) in [5.41, 5.74) is 4.28. The van der Waals surface area contributed by atoms with Crippen LogP contribution in [0, 0.1) is 12.7 Å². The number of aryl methyl sites for hydroxylation is 1. The number of carbonyl (C=O) groups is 1. The number of halogens is 1. The first-order valence-corrected chi connectivity index (χ1v) is 15.1. The summed E-state index contributed by atoms with van der Waals surface area (Å²) < 4.78 is 51.4. The third kappa shape index (κ3) is 4.64. The zero-order valence-electron chi connectivity index (χ0n) is 22.4. The highest BCUT2D eigenvalue weighted by Gasteiger charge is 2.27. The normalized spacial score (nSPS) is 11.8. The van der Waals surface area contributed by atoms with Gasteiger partial charge in [0.05, 0.1) is 23.2 Å². The van der Waals surface area contributed by atoms with Crippen LogP contribution in [0.5, 0.6) is 0 Å². The number of nitrogens with zero attached hydrogens (tertiary/aromatic N) is 3. The van der Waals surface area contributed by atoms with E-state index in [4.69, 9.17) is 4.42 Å². The molecule has 0 saturated carbocycles. The van der Waals surface area contributed by atoms with Crippen molar-refractivity contribution >= 4 is 55.0 Å². The molecular weight excluding hydrogens is 565 g/mol. The Bertz CT molecular complexity index is 2080. The first-order valence-electron chi connectivity index (χ1n) is 12.5. The van der Waals surface area contributed by atoms with E-state index in [2.05, 4.69) is 19.7 Å². The average molecular weight is 590 g/mol. The molecule has 208 valence electrons. The second-order valence-electron chi connectivity index (χ2n) is 9.65. The molecule has 0 aliphatic heterocycles. The lowest BCUT2D eigenvalue weighted by Gasteiger charge is -2.19. The molecular formula is C29H24FN5O4S2. The van der Waals surface area contributed by atoms with Gasteiger partial charge in [-0.15, -0.1) is 0 Å². The molecule has 0 atom stereocenters. The molecule has 0 fully saturated rings. The summed E-state index contributed by atoms with van der Waals surface area (Å²) >= 11 is 1.06. The van der Waals surface area contributed by atoms with Gasteiger partial charge < -0.3 is 14.7 Å². The van der Waals surface area contributed by atoms with E-state index in [1.807, 2.05) is 31.2 Å². The van der Waals surface area contributed by atoms with Gasteiger partial charge in [0, 0.05) is 47.6 Å². The van der Waals surface area contributed by atoms with E-state index in [0.717, 1.165) is 27.7 Å². The lowest BCUT2D eigenvalue weighted by molar-refractivity contribution is 0.0964. The number of sulfonamides is 1. The average Bonchev–Trinajstić information content (AvgIpc) is 3.68. The van der Waals surface area contributed by atoms with Gasteiger partial charge in [-0.2, -0.15) is 4.37 Å². The maximum atomic E-state index is 14.3. The topological polar surface area (TPSA) is 121 Å². The van der Waals surface area contributed by atoms with Crippen LogP contribution >= 0.6 is 11.5 Å². The van der Waals surface area contributed by atoms with E-state index in [0.29, 0.717) is 66.5 Å². The first kappa shape index (κ1) is 26.7. The number of rotatable bonds is 6. The van der Waals surface area contributed by atoms with Crippen molar-refractivity contribution in [2.45, 2.75) is 6.92 Å². The molecule has 0 radical (unpaired) electrons. The number of hydrogen-bond donors (Lipinski definition) is 2. The number of carbonyl (C=O) groups excluding carboxylic acids is 1. The Hall–Kier alpha value is -4.55. The fraction of sp³-hybridized carbons (Fsp3) is 0.138. The summed E-state index contributed by atoms with van der Waals surface area (Å²) in [6.45, 7) is 1.96. The second-order valence-corrected chi connectivity index (χ2v) is 12.4. The van der Waals surface area contributed by atoms with Crippen molar-refractivity contribution in [3.05, 3.63) is 77.6 Å². The third-order valence-electron chi connectivity index (χ3n) is 6.92. The van der Waals surface area contributed by atoms with Crippen molar-refractivity contribution in [1.82, 2.24) is 19.7 Å². The van der Waals surface area contributed by atoms with Crippen molar-refractivity contribution in [3.8, 4) is 33.4 Å². The molecule has 9 nitrogen and oxygen atoms in total. The minimum Gasteiger partial charge on any atom is -0.455 e. The van der Waals surface area contributed by atoms with E-state index >= 15 is 0 Å². The molecule has 0 unspecified atom stereocenters. The molecule has 1 amide bonds. The number of amides is 1. The number of nitrogens with one attached hydrogen (secondary N) is 2. The van der Waals surface area contributed by atoms with Crippen molar-refractivity contribution in [3.63, 3.8) is 0 Å². The van der Waals surface area contributed by atoms with Crippen LogP contribution in [0.3, 0.4) is 0 Å². The molecule has 3 aromatic heterocycles. The van der Waals surface area contributed by atoms with Crippen LogP contribution in [0.1, 0.15) is 15.9 Å². The van der Waals surface area contributed by atoms with Crippen LogP contribution in [0.25, 0.3) is 55.3 Å². The maximum absolute atomic E-state index is 14.3. The molecule has 2 N–H and O–H groups in total. The van der Waals surface area contributed by atoms with E-state index in [1.54, 1.807) is 30.3 Å². The van der Waals surface area contributed by atoms with E-state index in [-0.39, 0.29) is 11.7 Å². The van der Waals surface area contributed by atoms with Crippen molar-refractivity contribution in [1.29, 1.82) is 0 Å². The zero-order chi connectivity index (χ0) is 29.1. The summed E-state index contributed by atoms with van der Waals surface area (Å²) in [4.78, 5) is 21.0. The number of fused-ring (bicyclic) bond motifs is 2. The second kappa shape index (κ2) is 9.82. The Morgan fingerprint density at radius 3 is 2.54 bits per heavy atom. The molecule has 6 rings (SSSR count). The molecule has 6 aromatic rings. The van der Waals surface area contributed by atoms with Gasteiger partial charge in [-0.05, 0) is 42.7 Å². The Labute approximate surface area is 238 Å². The Kier molecular flexibility index (Phi) is 6.39. The smallest absolute Gasteiger partial charge is 0.255 e. The molecule has 0 spiro atoms. The van der Waals surface area contributed by atoms with Gasteiger partial charge in [0.15, 0.2) is 5.82 Å². The van der Waals surface area contributed by atoms with Crippen molar-refractivity contribution in [2.24, 2.45) is 0 Å². The van der Waals surface area contributed by atoms with Gasteiger partial charge in [0.25, 0.3) is 5.91 Å². The largest absolute Gasteiger partial charge is 0.455 e. The number of hydrogen-bond acceptors (Lipinski definition) is 7. The van der Waals surface area contributed by atoms with Gasteiger partial charge >= 0.3 is 0 Å². The third-order valence-corrected chi connectivity index (χ3v) is 8.86. The quantitative estimate of drug-likeness (QED) is 0.247. The van der Waals surface area contributed by atoms with Gasteiger partial charge in [0.2, 0.25) is 10.0 Å². The Morgan fingerprint density at radius 2 is 1.85 bits per heavy atom. The van der Waals surface area contributed by atoms with E-state index in [9.17, 15) is 17.6 Å². The number of anilines is 1. The fourth-order valence-corrected chi connectivity index (χ4v) is 5.89. The Balaban J connectivity index is 1.58. The van der Waals surface area contributed by atoms with Crippen LogP contribution in [-0.4, -0.2) is 49.0 Å². The van der Waals surface area contributed by atoms with Gasteiger partial charge in [0.1, 0.15) is 22.2 Å². The first-order chi connectivity index (χ1) is 19.5. The lowest BCUT2D eigenvalue weighted by atomic mass is 10.0.